The molecule has 0 atom stereocenters. The molecule has 0 unspecified atom stereocenters. The Morgan fingerprint density at radius 2 is 2.15 bits per heavy atom. The average Bonchev–Trinajstić information content (AvgIpc) is 2.00. The largest absolute Gasteiger partial charge is 0.370 e. The van der Waals surface area contributed by atoms with E-state index in [1.807, 2.05) is 6.07 Å². The lowest BCUT2D eigenvalue weighted by atomic mass is 10.0. The summed E-state index contributed by atoms with van der Waals surface area (Å²) < 4.78 is 13.6. The van der Waals surface area contributed by atoms with Gasteiger partial charge in [0.1, 0.15) is 5.82 Å². The minimum atomic E-state index is -0.191. The first-order chi connectivity index (χ1) is 6.16. The van der Waals surface area contributed by atoms with E-state index in [1.54, 1.807) is 0 Å². The summed E-state index contributed by atoms with van der Waals surface area (Å²) in [5.41, 5.74) is 1.10. The second-order valence-electron chi connectivity index (χ2n) is 3.61. The molecule has 1 aliphatic heterocycles. The fourth-order valence-electron chi connectivity index (χ4n) is 1.63. The highest BCUT2D eigenvalue weighted by molar-refractivity contribution is 9.10. The number of hydrogen-bond acceptors (Lipinski definition) is 1. The number of nitrogens with zero attached hydrogens (tertiary/aromatic N) is 1. The molecule has 1 aromatic rings. The fourth-order valence-corrected chi connectivity index (χ4v) is 2.24. The zero-order valence-corrected chi connectivity index (χ0v) is 9.01. The predicted molar refractivity (Wildman–Crippen MR) is 55.5 cm³/mol. The van der Waals surface area contributed by atoms with Crippen LogP contribution in [0.1, 0.15) is 6.92 Å². The first-order valence-corrected chi connectivity index (χ1v) is 5.16. The van der Waals surface area contributed by atoms with E-state index in [9.17, 15) is 4.39 Å². The maximum Gasteiger partial charge on any atom is 0.124 e. The van der Waals surface area contributed by atoms with Crippen molar-refractivity contribution >= 4 is 21.6 Å². The van der Waals surface area contributed by atoms with Gasteiger partial charge in [-0.25, -0.2) is 4.39 Å². The molecule has 0 bridgehead atoms. The fraction of sp³-hybridized carbons (Fsp3) is 0.400. The lowest BCUT2D eigenvalue weighted by molar-refractivity contribution is 0.446. The first-order valence-electron chi connectivity index (χ1n) is 4.37. The molecule has 0 aliphatic carbocycles. The van der Waals surface area contributed by atoms with Gasteiger partial charge in [-0.1, -0.05) is 6.92 Å². The summed E-state index contributed by atoms with van der Waals surface area (Å²) in [6, 6.07) is 4.84. The van der Waals surface area contributed by atoms with Crippen LogP contribution >= 0.6 is 15.9 Å². The molecule has 0 N–H and O–H groups in total. The van der Waals surface area contributed by atoms with Gasteiger partial charge in [0.05, 0.1) is 5.69 Å². The second-order valence-corrected chi connectivity index (χ2v) is 4.46. The zero-order valence-electron chi connectivity index (χ0n) is 7.43. The van der Waals surface area contributed by atoms with E-state index in [-0.39, 0.29) is 5.82 Å². The highest BCUT2D eigenvalue weighted by Gasteiger charge is 2.23. The van der Waals surface area contributed by atoms with Gasteiger partial charge in [-0.05, 0) is 40.0 Å². The number of halogens is 2. The zero-order chi connectivity index (χ0) is 9.42. The molecule has 13 heavy (non-hydrogen) atoms. The quantitative estimate of drug-likeness (QED) is 0.733. The summed E-state index contributed by atoms with van der Waals surface area (Å²) in [6.45, 7) is 4.36. The molecule has 3 heteroatoms. The molecular formula is C10H11BrFN. The Morgan fingerprint density at radius 1 is 1.46 bits per heavy atom. The molecule has 0 saturated carbocycles. The number of hydrogen-bond donors (Lipinski definition) is 0. The highest BCUT2D eigenvalue weighted by atomic mass is 79.9. The Hall–Kier alpha value is -0.570. The molecule has 1 fully saturated rings. The predicted octanol–water partition coefficient (Wildman–Crippen LogP) is 3.04. The van der Waals surface area contributed by atoms with Gasteiger partial charge < -0.3 is 4.90 Å². The van der Waals surface area contributed by atoms with Crippen molar-refractivity contribution in [2.24, 2.45) is 5.92 Å². The van der Waals surface area contributed by atoms with Crippen molar-refractivity contribution in [3.8, 4) is 0 Å². The van der Waals surface area contributed by atoms with Crippen LogP contribution in [0.3, 0.4) is 0 Å². The molecule has 1 nitrogen and oxygen atoms in total. The van der Waals surface area contributed by atoms with Crippen LogP contribution in [0.4, 0.5) is 10.1 Å². The summed E-state index contributed by atoms with van der Waals surface area (Å²) in [5.74, 6) is 0.571. The Kier molecular flexibility index (Phi) is 2.28. The van der Waals surface area contributed by atoms with Crippen LogP contribution in [-0.4, -0.2) is 13.1 Å². The van der Waals surface area contributed by atoms with Crippen LogP contribution in [0.5, 0.6) is 0 Å². The molecular weight excluding hydrogens is 233 g/mol. The van der Waals surface area contributed by atoms with Gasteiger partial charge in [0.2, 0.25) is 0 Å². The van der Waals surface area contributed by atoms with Gasteiger partial charge in [0, 0.05) is 17.6 Å². The molecule has 0 radical (unpaired) electrons. The number of rotatable bonds is 1. The van der Waals surface area contributed by atoms with Gasteiger partial charge in [0.15, 0.2) is 0 Å². The minimum Gasteiger partial charge on any atom is -0.370 e. The third-order valence-corrected chi connectivity index (χ3v) is 2.95. The van der Waals surface area contributed by atoms with Crippen LogP contribution in [-0.2, 0) is 0 Å². The first kappa shape index (κ1) is 9.00. The summed E-state index contributed by atoms with van der Waals surface area (Å²) in [7, 11) is 0. The number of benzene rings is 1. The lowest BCUT2D eigenvalue weighted by Crippen LogP contribution is -2.45. The van der Waals surface area contributed by atoms with Crippen molar-refractivity contribution in [3.05, 3.63) is 28.5 Å². The molecule has 2 rings (SSSR count). The van der Waals surface area contributed by atoms with Crippen molar-refractivity contribution < 1.29 is 4.39 Å². The average molecular weight is 244 g/mol. The molecule has 1 aliphatic rings. The van der Waals surface area contributed by atoms with Crippen LogP contribution < -0.4 is 4.90 Å². The van der Waals surface area contributed by atoms with Crippen molar-refractivity contribution in [2.45, 2.75) is 6.92 Å². The third kappa shape index (κ3) is 1.70. The van der Waals surface area contributed by atoms with Gasteiger partial charge >= 0.3 is 0 Å². The Balaban J connectivity index is 2.21. The van der Waals surface area contributed by atoms with Gasteiger partial charge in [-0.3, -0.25) is 0 Å². The SMILES string of the molecule is CC1CN(c2ccc(F)cc2Br)C1. The van der Waals surface area contributed by atoms with E-state index in [1.165, 1.54) is 12.1 Å². The van der Waals surface area contributed by atoms with E-state index in [2.05, 4.69) is 27.8 Å². The molecule has 70 valence electrons. The molecule has 0 amide bonds. The van der Waals surface area contributed by atoms with Crippen LogP contribution in [0, 0.1) is 11.7 Å². The molecule has 0 spiro atoms. The van der Waals surface area contributed by atoms with Gasteiger partial charge in [-0.2, -0.15) is 0 Å². The highest BCUT2D eigenvalue weighted by Crippen LogP contribution is 2.31. The minimum absolute atomic E-state index is 0.191. The van der Waals surface area contributed by atoms with Crippen molar-refractivity contribution in [3.63, 3.8) is 0 Å². The summed E-state index contributed by atoms with van der Waals surface area (Å²) in [5, 5.41) is 0. The van der Waals surface area contributed by atoms with Gasteiger partial charge in [-0.15, -0.1) is 0 Å². The van der Waals surface area contributed by atoms with Crippen molar-refractivity contribution in [1.29, 1.82) is 0 Å². The lowest BCUT2D eigenvalue weighted by Gasteiger charge is -2.39. The number of anilines is 1. The van der Waals surface area contributed by atoms with Crippen molar-refractivity contribution in [1.82, 2.24) is 0 Å². The van der Waals surface area contributed by atoms with Crippen LogP contribution in [0.15, 0.2) is 22.7 Å². The summed E-state index contributed by atoms with van der Waals surface area (Å²) >= 11 is 3.36. The van der Waals surface area contributed by atoms with E-state index in [4.69, 9.17) is 0 Å². The summed E-state index contributed by atoms with van der Waals surface area (Å²) in [6.07, 6.45) is 0. The van der Waals surface area contributed by atoms with E-state index >= 15 is 0 Å². The third-order valence-electron chi connectivity index (χ3n) is 2.31. The van der Waals surface area contributed by atoms with Crippen LogP contribution in [0.25, 0.3) is 0 Å². The maximum absolute atomic E-state index is 12.8. The normalized spacial score (nSPS) is 17.3. The molecule has 1 aromatic carbocycles. The summed E-state index contributed by atoms with van der Waals surface area (Å²) in [4.78, 5) is 2.24. The molecule has 1 heterocycles. The van der Waals surface area contributed by atoms with E-state index < -0.39 is 0 Å². The van der Waals surface area contributed by atoms with E-state index in [0.717, 1.165) is 29.2 Å². The topological polar surface area (TPSA) is 3.24 Å². The van der Waals surface area contributed by atoms with Crippen LogP contribution in [0.2, 0.25) is 0 Å². The second kappa shape index (κ2) is 3.29. The Bertz CT molecular complexity index is 321. The smallest absolute Gasteiger partial charge is 0.124 e. The van der Waals surface area contributed by atoms with E-state index in [0.29, 0.717) is 0 Å². The molecule has 1 saturated heterocycles. The maximum atomic E-state index is 12.8. The molecule has 0 aromatic heterocycles. The Labute approximate surface area is 85.7 Å². The van der Waals surface area contributed by atoms with Crippen molar-refractivity contribution in [2.75, 3.05) is 18.0 Å². The Morgan fingerprint density at radius 3 is 2.69 bits per heavy atom. The monoisotopic (exact) mass is 243 g/mol. The van der Waals surface area contributed by atoms with Gasteiger partial charge in [0.25, 0.3) is 0 Å². The standard InChI is InChI=1S/C10H11BrFN/c1-7-5-13(6-7)10-3-2-8(12)4-9(10)11/h2-4,7H,5-6H2,1H3.